The number of nitrogens with zero attached hydrogens (tertiary/aromatic N) is 1. The Balaban J connectivity index is 0. The Labute approximate surface area is 276 Å². The summed E-state index contributed by atoms with van der Waals surface area (Å²) < 4.78 is 14.9. The highest BCUT2D eigenvalue weighted by atomic mass is 35.5. The van der Waals surface area contributed by atoms with Gasteiger partial charge in [-0.1, -0.05) is 80.4 Å². The summed E-state index contributed by atoms with van der Waals surface area (Å²) in [4.78, 5) is 24.8. The molecule has 0 spiro atoms. The average Bonchev–Trinajstić information content (AvgIpc) is 3.01. The van der Waals surface area contributed by atoms with Gasteiger partial charge in [0.25, 0.3) is 0 Å². The number of ether oxygens (including phenoxy) is 3. The molecular formula is C34H57Cl2N3O5. The highest BCUT2D eigenvalue weighted by Crippen LogP contribution is 2.20. The van der Waals surface area contributed by atoms with E-state index in [2.05, 4.69) is 31.0 Å². The number of amides is 1. The van der Waals surface area contributed by atoms with Crippen LogP contribution in [0.1, 0.15) is 77.6 Å². The molecule has 44 heavy (non-hydrogen) atoms. The molecule has 0 saturated carbocycles. The first-order valence-electron chi connectivity index (χ1n) is 15.5. The van der Waals surface area contributed by atoms with Gasteiger partial charge in [0.05, 0.1) is 6.61 Å². The fourth-order valence-electron chi connectivity index (χ4n) is 3.61. The van der Waals surface area contributed by atoms with Crippen molar-refractivity contribution in [3.8, 4) is 0 Å². The number of benzene rings is 2. The Morgan fingerprint density at radius 2 is 1.23 bits per heavy atom. The molecule has 3 N–H and O–H groups in total. The van der Waals surface area contributed by atoms with E-state index in [0.29, 0.717) is 37.9 Å². The van der Waals surface area contributed by atoms with Crippen LogP contribution in [-0.2, 0) is 36.9 Å². The topological polar surface area (TPSA) is 103 Å². The first kappa shape index (κ1) is 43.9. The lowest BCUT2D eigenvalue weighted by molar-refractivity contribution is -0.155. The maximum absolute atomic E-state index is 11.6. The van der Waals surface area contributed by atoms with Crippen molar-refractivity contribution in [1.82, 2.24) is 10.2 Å². The van der Waals surface area contributed by atoms with Crippen molar-refractivity contribution in [2.45, 2.75) is 94.5 Å². The number of rotatable bonds is 13. The fourth-order valence-corrected chi connectivity index (χ4v) is 4.01. The molecule has 2 unspecified atom stereocenters. The number of aryl methyl sites for hydroxylation is 2. The molecule has 252 valence electrons. The van der Waals surface area contributed by atoms with Gasteiger partial charge in [0.15, 0.2) is 6.10 Å². The normalized spacial score (nSPS) is 11.5. The van der Waals surface area contributed by atoms with Crippen LogP contribution >= 0.6 is 23.2 Å². The molecule has 2 atom stereocenters. The van der Waals surface area contributed by atoms with Crippen LogP contribution in [0.4, 0.5) is 0 Å². The molecule has 0 heterocycles. The zero-order valence-electron chi connectivity index (χ0n) is 28.6. The van der Waals surface area contributed by atoms with E-state index in [9.17, 15) is 9.59 Å². The predicted molar refractivity (Wildman–Crippen MR) is 184 cm³/mol. The number of carbonyl (C=O) groups is 2. The summed E-state index contributed by atoms with van der Waals surface area (Å²) in [6.45, 7) is 25.4. The Kier molecular flexibility index (Phi) is 27.1. The molecule has 0 aliphatic carbocycles. The van der Waals surface area contributed by atoms with E-state index in [-0.39, 0.29) is 11.9 Å². The summed E-state index contributed by atoms with van der Waals surface area (Å²) in [5.74, 6) is -0.409. The van der Waals surface area contributed by atoms with Crippen LogP contribution in [0.5, 0.6) is 0 Å². The number of hydrogen-bond acceptors (Lipinski definition) is 7. The number of nitrogens with one attached hydrogen (secondary N) is 1. The summed E-state index contributed by atoms with van der Waals surface area (Å²) in [5.41, 5.74) is 9.47. The van der Waals surface area contributed by atoms with E-state index >= 15 is 0 Å². The Morgan fingerprint density at radius 3 is 1.61 bits per heavy atom. The Bertz CT molecular complexity index is 1050. The molecule has 0 fully saturated rings. The Morgan fingerprint density at radius 1 is 0.773 bits per heavy atom. The number of hydrogen-bond donors (Lipinski definition) is 2. The van der Waals surface area contributed by atoms with Gasteiger partial charge in [-0.05, 0) is 90.4 Å². The number of esters is 1. The summed E-state index contributed by atoms with van der Waals surface area (Å²) in [5, 5.41) is 4.30. The van der Waals surface area contributed by atoms with Crippen LogP contribution in [0.2, 0.25) is 10.0 Å². The summed E-state index contributed by atoms with van der Waals surface area (Å²) in [6, 6.07) is 11.6. The average molecular weight is 659 g/mol. The van der Waals surface area contributed by atoms with Crippen LogP contribution in [0.15, 0.2) is 36.4 Å². The van der Waals surface area contributed by atoms with Crippen LogP contribution in [0.25, 0.3) is 0 Å². The van der Waals surface area contributed by atoms with Gasteiger partial charge >= 0.3 is 5.97 Å². The van der Waals surface area contributed by atoms with Crippen molar-refractivity contribution in [1.29, 1.82) is 0 Å². The van der Waals surface area contributed by atoms with Crippen molar-refractivity contribution in [2.24, 2.45) is 5.73 Å². The quantitative estimate of drug-likeness (QED) is 0.221. The second-order valence-corrected chi connectivity index (χ2v) is 10.3. The molecule has 2 rings (SSSR count). The molecule has 0 radical (unpaired) electrons. The van der Waals surface area contributed by atoms with E-state index in [1.165, 1.54) is 19.6 Å². The maximum Gasteiger partial charge on any atom is 0.334 e. The molecule has 10 heteroatoms. The molecule has 2 aromatic rings. The monoisotopic (exact) mass is 657 g/mol. The fraction of sp³-hybridized carbons (Fsp3) is 0.588. The van der Waals surface area contributed by atoms with Crippen molar-refractivity contribution in [2.75, 3.05) is 39.5 Å². The predicted octanol–water partition coefficient (Wildman–Crippen LogP) is 7.12. The molecule has 1 amide bonds. The molecule has 0 aliphatic rings. The van der Waals surface area contributed by atoms with Crippen molar-refractivity contribution >= 4 is 35.1 Å². The number of halogens is 2. The van der Waals surface area contributed by atoms with E-state index in [1.807, 2.05) is 64.1 Å². The molecule has 0 aromatic heterocycles. The lowest BCUT2D eigenvalue weighted by Gasteiger charge is -2.13. The van der Waals surface area contributed by atoms with Crippen LogP contribution in [0.3, 0.4) is 0 Å². The minimum absolute atomic E-state index is 0.121. The second kappa shape index (κ2) is 27.1. The summed E-state index contributed by atoms with van der Waals surface area (Å²) >= 11 is 12.0. The molecule has 0 saturated heterocycles. The first-order chi connectivity index (χ1) is 20.9. The van der Waals surface area contributed by atoms with Gasteiger partial charge in [-0.15, -0.1) is 0 Å². The minimum atomic E-state index is -0.427. The van der Waals surface area contributed by atoms with Crippen LogP contribution in [0, 0.1) is 13.8 Å². The highest BCUT2D eigenvalue weighted by molar-refractivity contribution is 6.32. The second-order valence-electron chi connectivity index (χ2n) is 9.58. The summed E-state index contributed by atoms with van der Waals surface area (Å²) in [7, 11) is 0. The minimum Gasteiger partial charge on any atom is -0.464 e. The van der Waals surface area contributed by atoms with E-state index in [0.717, 1.165) is 27.3 Å². The molecule has 0 aliphatic heterocycles. The third-order valence-corrected chi connectivity index (χ3v) is 7.46. The zero-order chi connectivity index (χ0) is 34.1. The third kappa shape index (κ3) is 19.2. The zero-order valence-corrected chi connectivity index (χ0v) is 30.1. The Hall–Kier alpha value is -2.20. The van der Waals surface area contributed by atoms with Gasteiger partial charge < -0.3 is 30.2 Å². The van der Waals surface area contributed by atoms with E-state index in [1.54, 1.807) is 20.8 Å². The lowest BCUT2D eigenvalue weighted by atomic mass is 10.1. The van der Waals surface area contributed by atoms with Gasteiger partial charge in [0.2, 0.25) is 5.91 Å². The maximum atomic E-state index is 11.6. The largest absolute Gasteiger partial charge is 0.464 e. The van der Waals surface area contributed by atoms with Gasteiger partial charge in [-0.3, -0.25) is 4.79 Å². The number of nitrogens with two attached hydrogens (primary N) is 1. The molecule has 2 aromatic carbocycles. The van der Waals surface area contributed by atoms with Crippen molar-refractivity contribution in [3.05, 3.63) is 68.7 Å². The first-order valence-corrected chi connectivity index (χ1v) is 16.2. The summed E-state index contributed by atoms with van der Waals surface area (Å²) in [6.07, 6.45) is -0.853. The SMILES string of the molecule is CCN(CC)CC.CCOC(=O)C(C)OCC.CCOC(C)C(=O)NCc1cccc(C)c1Cl.Cc1cccc(CN)c1Cl. The van der Waals surface area contributed by atoms with E-state index < -0.39 is 12.2 Å². The van der Waals surface area contributed by atoms with Gasteiger partial charge in [0, 0.05) is 36.3 Å². The standard InChI is InChI=1S/C13H18ClNO2.C8H10ClN.C7H14O3.C6H15N/c1-4-17-10(3)13(16)15-8-11-7-5-6-9(2)12(11)14;1-6-3-2-4-7(5-10)8(6)9;1-4-9-6(3)7(8)10-5-2;1-4-7(5-2)6-3/h5-7,10H,4,8H2,1-3H3,(H,15,16);2-4H,5,10H2,1H3;6H,4-5H2,1-3H3;4-6H2,1-3H3. The third-order valence-electron chi connectivity index (χ3n) is 6.38. The van der Waals surface area contributed by atoms with Crippen molar-refractivity contribution < 1.29 is 23.8 Å². The molecule has 8 nitrogen and oxygen atoms in total. The smallest absolute Gasteiger partial charge is 0.334 e. The molecular weight excluding hydrogens is 601 g/mol. The van der Waals surface area contributed by atoms with Crippen LogP contribution in [-0.4, -0.2) is 68.4 Å². The number of carbonyl (C=O) groups excluding carboxylic acids is 2. The molecule has 0 bridgehead atoms. The van der Waals surface area contributed by atoms with Crippen molar-refractivity contribution in [3.63, 3.8) is 0 Å². The highest BCUT2D eigenvalue weighted by Gasteiger charge is 2.13. The lowest BCUT2D eigenvalue weighted by Crippen LogP contribution is -2.34. The van der Waals surface area contributed by atoms with Gasteiger partial charge in [0.1, 0.15) is 6.10 Å². The van der Waals surface area contributed by atoms with Crippen LogP contribution < -0.4 is 11.1 Å². The van der Waals surface area contributed by atoms with E-state index in [4.69, 9.17) is 43.1 Å². The van der Waals surface area contributed by atoms with Gasteiger partial charge in [-0.2, -0.15) is 0 Å². The van der Waals surface area contributed by atoms with Gasteiger partial charge in [-0.25, -0.2) is 4.79 Å².